The Labute approximate surface area is 332 Å². The van der Waals surface area contributed by atoms with Crippen molar-refractivity contribution in [2.24, 2.45) is 22.4 Å². The third-order valence-electron chi connectivity index (χ3n) is 8.70. The summed E-state index contributed by atoms with van der Waals surface area (Å²) in [7, 11) is 0. The number of hydrogen-bond donors (Lipinski definition) is 6. The fourth-order valence-corrected chi connectivity index (χ4v) is 6.43. The molecule has 0 atom stereocenters. The van der Waals surface area contributed by atoms with Gasteiger partial charge in [-0.05, 0) is 143 Å². The number of nitrogens with zero attached hydrogens (tertiary/aromatic N) is 1. The summed E-state index contributed by atoms with van der Waals surface area (Å²) in [4.78, 5) is 41.1. The van der Waals surface area contributed by atoms with Gasteiger partial charge in [-0.2, -0.15) is 5.10 Å². The molecular weight excluding hydrogens is 768 g/mol. The van der Waals surface area contributed by atoms with E-state index >= 15 is 0 Å². The highest BCUT2D eigenvalue weighted by atomic mass is 79.9. The molecule has 13 nitrogen and oxygen atoms in total. The molecule has 0 spiro atoms. The summed E-state index contributed by atoms with van der Waals surface area (Å²) in [5.41, 5.74) is 15.3. The van der Waals surface area contributed by atoms with Crippen LogP contribution in [-0.2, 0) is 0 Å². The lowest BCUT2D eigenvalue weighted by atomic mass is 9.98. The molecule has 55 heavy (non-hydrogen) atoms. The molecular formula is C41H57BrN6O7. The molecule has 3 saturated carbocycles. The van der Waals surface area contributed by atoms with E-state index in [1.54, 1.807) is 29.7 Å². The van der Waals surface area contributed by atoms with Crippen LogP contribution >= 0.6 is 15.9 Å². The Morgan fingerprint density at radius 3 is 1.31 bits per heavy atom. The van der Waals surface area contributed by atoms with Gasteiger partial charge in [0.05, 0.1) is 18.4 Å². The number of aldehydes is 2. The first kappa shape index (κ1) is 46.2. The second-order valence-corrected chi connectivity index (χ2v) is 14.5. The molecule has 9 N–H and O–H groups in total. The number of nitrogens with one attached hydrogen (secondary N) is 2. The first-order chi connectivity index (χ1) is 26.6. The first-order valence-corrected chi connectivity index (χ1v) is 19.7. The number of aromatic hydroxyl groups is 1. The predicted octanol–water partition coefficient (Wildman–Crippen LogP) is 8.06. The van der Waals surface area contributed by atoms with E-state index < -0.39 is 12.1 Å². The van der Waals surface area contributed by atoms with E-state index in [2.05, 4.69) is 38.0 Å². The monoisotopic (exact) mass is 824 g/mol. The zero-order chi connectivity index (χ0) is 40.1. The number of ether oxygens (including phenoxy) is 2. The van der Waals surface area contributed by atoms with E-state index in [1.807, 2.05) is 36.4 Å². The van der Waals surface area contributed by atoms with Gasteiger partial charge in [0.25, 0.3) is 0 Å². The van der Waals surface area contributed by atoms with Crippen molar-refractivity contribution in [3.63, 3.8) is 0 Å². The maximum absolute atomic E-state index is 10.5. The third kappa shape index (κ3) is 22.8. The molecule has 3 aliphatic rings. The van der Waals surface area contributed by atoms with Crippen LogP contribution in [0.3, 0.4) is 0 Å². The normalized spacial score (nSPS) is 15.7. The smallest absolute Gasteiger partial charge is 0.332 e. The predicted molar refractivity (Wildman–Crippen MR) is 220 cm³/mol. The summed E-state index contributed by atoms with van der Waals surface area (Å²) in [6.45, 7) is 0. The van der Waals surface area contributed by atoms with Gasteiger partial charge in [0, 0.05) is 16.0 Å². The number of hydrazine groups is 1. The molecule has 300 valence electrons. The zero-order valence-corrected chi connectivity index (χ0v) is 33.0. The molecule has 4 amide bonds. The van der Waals surface area contributed by atoms with Crippen LogP contribution in [0.25, 0.3) is 0 Å². The standard InChI is InChI=1S/C14H19N3O2.C13H16O2.C7H6O2.C6H11Br.CH5N3O/c15-14(18)17-16-10-11-6-8-13(9-7-11)19-12-4-2-1-3-5-12;14-10-11-6-8-13(9-7-11)15-12-4-2-1-3-5-12;8-5-6-1-3-7(9)4-2-6;7-6-4-2-1-3-5-6;2-1(5)4-3/h6-10,12H,1-5H2,(H3,15,17,18);6-10,12H,1-5H2;1-5,9H;6H,1-5H2;3H2,(H3,2,4,5)/b16-10+;;;;. The molecule has 0 aromatic heterocycles. The number of halogens is 1. The summed E-state index contributed by atoms with van der Waals surface area (Å²) in [6, 6.07) is 19.6. The number of carbonyl (C=O) groups excluding carboxylic acids is 4. The zero-order valence-electron chi connectivity index (χ0n) is 31.5. The third-order valence-corrected chi connectivity index (χ3v) is 9.62. The van der Waals surface area contributed by atoms with Crippen LogP contribution in [0.4, 0.5) is 9.59 Å². The Morgan fingerprint density at radius 1 is 0.618 bits per heavy atom. The molecule has 3 aromatic rings. The van der Waals surface area contributed by atoms with Crippen molar-refractivity contribution in [1.29, 1.82) is 0 Å². The van der Waals surface area contributed by atoms with E-state index in [1.165, 1.54) is 89.0 Å². The molecule has 0 saturated heterocycles. The Kier molecular flexibility index (Phi) is 23.9. The van der Waals surface area contributed by atoms with Crippen molar-refractivity contribution >= 4 is 46.8 Å². The molecule has 0 heterocycles. The summed E-state index contributed by atoms with van der Waals surface area (Å²) in [6.07, 6.45) is 23.3. The van der Waals surface area contributed by atoms with Gasteiger partial charge in [-0.1, -0.05) is 48.0 Å². The molecule has 0 aliphatic heterocycles. The number of alkyl halides is 1. The summed E-state index contributed by atoms with van der Waals surface area (Å²) >= 11 is 3.59. The topological polar surface area (TPSA) is 221 Å². The lowest BCUT2D eigenvalue weighted by Gasteiger charge is -2.22. The van der Waals surface area contributed by atoms with E-state index in [4.69, 9.17) is 20.3 Å². The maximum Gasteiger partial charge on any atom is 0.332 e. The Hall–Kier alpha value is -4.95. The number of amides is 4. The SMILES string of the molecule is BrC1CCCCC1.NC(=O)N/N=C/c1ccc(OC2CCCCC2)cc1.NNC(N)=O.O=Cc1ccc(O)cc1.O=Cc1ccc(OC2CCCCC2)cc1. The van der Waals surface area contributed by atoms with Crippen LogP contribution in [-0.4, -0.2) is 53.0 Å². The highest BCUT2D eigenvalue weighted by Crippen LogP contribution is 2.25. The summed E-state index contributed by atoms with van der Waals surface area (Å²) in [5, 5.41) is 12.4. The lowest BCUT2D eigenvalue weighted by Crippen LogP contribution is -2.34. The number of urea groups is 2. The largest absolute Gasteiger partial charge is 0.508 e. The minimum absolute atomic E-state index is 0.181. The van der Waals surface area contributed by atoms with Gasteiger partial charge in [0.1, 0.15) is 29.8 Å². The van der Waals surface area contributed by atoms with Gasteiger partial charge in [-0.25, -0.2) is 20.9 Å². The summed E-state index contributed by atoms with van der Waals surface area (Å²) in [5.74, 6) is 6.39. The Bertz CT molecular complexity index is 1520. The van der Waals surface area contributed by atoms with E-state index in [9.17, 15) is 19.2 Å². The highest BCUT2D eigenvalue weighted by molar-refractivity contribution is 9.09. The van der Waals surface area contributed by atoms with Crippen LogP contribution in [0.5, 0.6) is 17.2 Å². The van der Waals surface area contributed by atoms with E-state index in [-0.39, 0.29) is 5.75 Å². The van der Waals surface area contributed by atoms with Crippen LogP contribution in [0.15, 0.2) is 77.9 Å². The fraction of sp³-hybridized carbons (Fsp3) is 0.439. The van der Waals surface area contributed by atoms with Gasteiger partial charge in [0.2, 0.25) is 0 Å². The quantitative estimate of drug-likeness (QED) is 0.0325. The lowest BCUT2D eigenvalue weighted by molar-refractivity contribution is 0.111. The number of phenolic OH excluding ortho intramolecular Hbond substituents is 1. The van der Waals surface area contributed by atoms with Gasteiger partial charge >= 0.3 is 12.1 Å². The van der Waals surface area contributed by atoms with E-state index in [0.29, 0.717) is 23.3 Å². The van der Waals surface area contributed by atoms with Crippen LogP contribution in [0.2, 0.25) is 0 Å². The average Bonchev–Trinajstić information content (AvgIpc) is 3.21. The Balaban J connectivity index is 0.000000257. The minimum atomic E-state index is -0.718. The maximum atomic E-state index is 10.5. The molecule has 0 bridgehead atoms. The fourth-order valence-electron chi connectivity index (χ4n) is 5.78. The van der Waals surface area contributed by atoms with Crippen molar-refractivity contribution in [1.82, 2.24) is 10.9 Å². The number of hydrazone groups is 1. The first-order valence-electron chi connectivity index (χ1n) is 18.8. The van der Waals surface area contributed by atoms with Crippen LogP contribution in [0.1, 0.15) is 123 Å². The van der Waals surface area contributed by atoms with Crippen LogP contribution < -0.4 is 37.6 Å². The van der Waals surface area contributed by atoms with Crippen molar-refractivity contribution < 1.29 is 33.8 Å². The molecule has 3 aliphatic carbocycles. The second-order valence-electron chi connectivity index (χ2n) is 13.2. The molecule has 0 unspecified atom stereocenters. The molecule has 3 aromatic carbocycles. The molecule has 6 rings (SSSR count). The molecule has 14 heteroatoms. The number of phenols is 1. The van der Waals surface area contributed by atoms with Crippen molar-refractivity contribution in [3.8, 4) is 17.2 Å². The Morgan fingerprint density at radius 2 is 0.982 bits per heavy atom. The number of nitrogens with two attached hydrogens (primary N) is 3. The van der Waals surface area contributed by atoms with Gasteiger partial charge in [0.15, 0.2) is 0 Å². The number of rotatable bonds is 8. The number of benzene rings is 3. The number of hydrogen-bond acceptors (Lipinski definition) is 9. The van der Waals surface area contributed by atoms with Crippen LogP contribution in [0, 0.1) is 0 Å². The highest BCUT2D eigenvalue weighted by Gasteiger charge is 2.15. The van der Waals surface area contributed by atoms with Crippen molar-refractivity contribution in [2.75, 3.05) is 0 Å². The number of primary amides is 2. The minimum Gasteiger partial charge on any atom is -0.508 e. The number of carbonyl (C=O) groups is 4. The van der Waals surface area contributed by atoms with Gasteiger partial charge < -0.3 is 26.0 Å². The second kappa shape index (κ2) is 28.5. The van der Waals surface area contributed by atoms with Gasteiger partial charge in [-0.3, -0.25) is 15.0 Å². The summed E-state index contributed by atoms with van der Waals surface area (Å²) < 4.78 is 11.8. The van der Waals surface area contributed by atoms with E-state index in [0.717, 1.165) is 60.1 Å². The van der Waals surface area contributed by atoms with Crippen molar-refractivity contribution in [2.45, 2.75) is 113 Å². The van der Waals surface area contributed by atoms with Gasteiger partial charge in [-0.15, -0.1) is 0 Å². The molecule has 3 fully saturated rings. The molecule has 0 radical (unpaired) electrons. The average molecular weight is 826 g/mol. The van der Waals surface area contributed by atoms with Crippen molar-refractivity contribution in [3.05, 3.63) is 89.5 Å².